The fourth-order valence-electron chi connectivity index (χ4n) is 2.41. The molecule has 0 atom stereocenters. The van der Waals surface area contributed by atoms with E-state index in [1.54, 1.807) is 54.6 Å². The van der Waals surface area contributed by atoms with Gasteiger partial charge in [-0.05, 0) is 49.4 Å². The second-order valence-electron chi connectivity index (χ2n) is 5.87. The topological polar surface area (TPSA) is 58.2 Å². The number of hydrogen-bond donors (Lipinski definition) is 2. The molecule has 28 heavy (non-hydrogen) atoms. The summed E-state index contributed by atoms with van der Waals surface area (Å²) in [6.07, 6.45) is 1.55. The van der Waals surface area contributed by atoms with E-state index in [1.165, 1.54) is 11.3 Å². The van der Waals surface area contributed by atoms with Gasteiger partial charge in [0.25, 0.3) is 11.8 Å². The highest BCUT2D eigenvalue weighted by molar-refractivity contribution is 7.12. The van der Waals surface area contributed by atoms with Crippen LogP contribution in [0.5, 0.6) is 0 Å². The molecule has 4 nitrogen and oxygen atoms in total. The summed E-state index contributed by atoms with van der Waals surface area (Å²) in [5, 5.41) is 6.15. The normalized spacial score (nSPS) is 10.2. The standard InChI is InChI=1S/C21H16Cl2N2O2S/c1-13-10-11-14(28-13)12-15(20(26)24-18-8-4-2-6-16(18)22)21(27)25-19-9-5-3-7-17(19)23/h2-12H,1H3,(H,24,26)(H,25,27). The van der Waals surface area contributed by atoms with Gasteiger partial charge in [-0.2, -0.15) is 0 Å². The summed E-state index contributed by atoms with van der Waals surface area (Å²) >= 11 is 13.7. The third kappa shape index (κ3) is 5.01. The number of aryl methyl sites for hydroxylation is 1. The largest absolute Gasteiger partial charge is 0.320 e. The predicted molar refractivity (Wildman–Crippen MR) is 117 cm³/mol. The van der Waals surface area contributed by atoms with Crippen LogP contribution in [0.2, 0.25) is 10.0 Å². The Morgan fingerprint density at radius 1 is 0.821 bits per heavy atom. The molecule has 0 spiro atoms. The van der Waals surface area contributed by atoms with Crippen molar-refractivity contribution in [2.75, 3.05) is 10.6 Å². The molecule has 142 valence electrons. The second-order valence-corrected chi connectivity index (χ2v) is 8.01. The van der Waals surface area contributed by atoms with Crippen molar-refractivity contribution in [2.24, 2.45) is 0 Å². The van der Waals surface area contributed by atoms with E-state index in [2.05, 4.69) is 10.6 Å². The Morgan fingerprint density at radius 3 is 1.75 bits per heavy atom. The number of para-hydroxylation sites is 2. The number of benzene rings is 2. The molecule has 0 fully saturated rings. The zero-order chi connectivity index (χ0) is 20.1. The number of carbonyl (C=O) groups excluding carboxylic acids is 2. The number of thiophene rings is 1. The maximum Gasteiger partial charge on any atom is 0.261 e. The highest BCUT2D eigenvalue weighted by Crippen LogP contribution is 2.25. The Balaban J connectivity index is 1.92. The Hall–Kier alpha value is -2.60. The Kier molecular flexibility index (Phi) is 6.52. The summed E-state index contributed by atoms with van der Waals surface area (Å²) in [5.74, 6) is -1.13. The first-order valence-electron chi connectivity index (χ1n) is 8.34. The van der Waals surface area contributed by atoms with Crippen molar-refractivity contribution in [1.29, 1.82) is 0 Å². The minimum Gasteiger partial charge on any atom is -0.320 e. The lowest BCUT2D eigenvalue weighted by molar-refractivity contribution is -0.118. The van der Waals surface area contributed by atoms with Gasteiger partial charge in [-0.25, -0.2) is 0 Å². The van der Waals surface area contributed by atoms with E-state index in [0.29, 0.717) is 21.4 Å². The van der Waals surface area contributed by atoms with Gasteiger partial charge in [-0.3, -0.25) is 9.59 Å². The maximum atomic E-state index is 12.9. The predicted octanol–water partition coefficient (Wildman–Crippen LogP) is 6.02. The minimum absolute atomic E-state index is 0.0540. The fraction of sp³-hybridized carbons (Fsp3) is 0.0476. The Labute approximate surface area is 176 Å². The average Bonchev–Trinajstić information content (AvgIpc) is 3.08. The molecule has 1 heterocycles. The van der Waals surface area contributed by atoms with Crippen LogP contribution < -0.4 is 10.6 Å². The first kappa shape index (κ1) is 20.1. The van der Waals surface area contributed by atoms with Gasteiger partial charge in [0.2, 0.25) is 0 Å². The molecule has 1 aromatic heterocycles. The SMILES string of the molecule is Cc1ccc(C=C(C(=O)Nc2ccccc2Cl)C(=O)Nc2ccccc2Cl)s1. The number of anilines is 2. The fourth-order valence-corrected chi connectivity index (χ4v) is 3.60. The number of nitrogens with one attached hydrogen (secondary N) is 2. The molecule has 3 aromatic rings. The molecule has 0 aliphatic carbocycles. The summed E-state index contributed by atoms with van der Waals surface area (Å²) in [6, 6.07) is 17.4. The molecule has 0 radical (unpaired) electrons. The van der Waals surface area contributed by atoms with Crippen molar-refractivity contribution in [2.45, 2.75) is 6.92 Å². The van der Waals surface area contributed by atoms with Crippen LogP contribution in [-0.2, 0) is 9.59 Å². The van der Waals surface area contributed by atoms with Gasteiger partial charge in [0.1, 0.15) is 5.57 Å². The van der Waals surface area contributed by atoms with Gasteiger partial charge in [0.15, 0.2) is 0 Å². The van der Waals surface area contributed by atoms with Crippen molar-refractivity contribution in [1.82, 2.24) is 0 Å². The molecule has 0 aliphatic rings. The molecule has 3 rings (SSSR count). The van der Waals surface area contributed by atoms with Crippen LogP contribution in [0.4, 0.5) is 11.4 Å². The van der Waals surface area contributed by atoms with Gasteiger partial charge in [0, 0.05) is 9.75 Å². The van der Waals surface area contributed by atoms with E-state index < -0.39 is 11.8 Å². The number of halogens is 2. The van der Waals surface area contributed by atoms with Crippen molar-refractivity contribution >= 4 is 63.8 Å². The van der Waals surface area contributed by atoms with Crippen LogP contribution in [0.25, 0.3) is 6.08 Å². The Morgan fingerprint density at radius 2 is 1.32 bits per heavy atom. The lowest BCUT2D eigenvalue weighted by Crippen LogP contribution is -2.25. The third-order valence-electron chi connectivity index (χ3n) is 3.78. The molecule has 0 bridgehead atoms. The van der Waals surface area contributed by atoms with Crippen LogP contribution in [0.15, 0.2) is 66.2 Å². The smallest absolute Gasteiger partial charge is 0.261 e. The zero-order valence-corrected chi connectivity index (χ0v) is 17.2. The number of carbonyl (C=O) groups is 2. The summed E-state index contributed by atoms with van der Waals surface area (Å²) in [5.41, 5.74) is 0.794. The van der Waals surface area contributed by atoms with Crippen LogP contribution in [0.1, 0.15) is 9.75 Å². The maximum absolute atomic E-state index is 12.9. The average molecular weight is 431 g/mol. The summed E-state index contributed by atoms with van der Waals surface area (Å²) in [6.45, 7) is 1.95. The zero-order valence-electron chi connectivity index (χ0n) is 14.8. The highest BCUT2D eigenvalue weighted by Gasteiger charge is 2.20. The molecular weight excluding hydrogens is 415 g/mol. The van der Waals surface area contributed by atoms with Crippen molar-refractivity contribution in [3.8, 4) is 0 Å². The molecule has 7 heteroatoms. The monoisotopic (exact) mass is 430 g/mol. The molecule has 0 saturated heterocycles. The van der Waals surface area contributed by atoms with Crippen molar-refractivity contribution < 1.29 is 9.59 Å². The quantitative estimate of drug-likeness (QED) is 0.295. The van der Waals surface area contributed by atoms with Crippen LogP contribution in [0.3, 0.4) is 0 Å². The van der Waals surface area contributed by atoms with Crippen molar-refractivity contribution in [3.05, 3.63) is 86.0 Å². The van der Waals surface area contributed by atoms with Gasteiger partial charge in [-0.1, -0.05) is 47.5 Å². The number of amides is 2. The van der Waals surface area contributed by atoms with E-state index in [9.17, 15) is 9.59 Å². The number of hydrogen-bond acceptors (Lipinski definition) is 3. The molecule has 0 unspecified atom stereocenters. The first-order chi connectivity index (χ1) is 13.4. The molecule has 0 aliphatic heterocycles. The van der Waals surface area contributed by atoms with Crippen LogP contribution in [0, 0.1) is 6.92 Å². The third-order valence-corrected chi connectivity index (χ3v) is 5.39. The van der Waals surface area contributed by atoms with Gasteiger partial charge >= 0.3 is 0 Å². The molecule has 2 aromatic carbocycles. The Bertz CT molecular complexity index is 998. The van der Waals surface area contributed by atoms with Crippen molar-refractivity contribution in [3.63, 3.8) is 0 Å². The summed E-state index contributed by atoms with van der Waals surface area (Å²) in [7, 11) is 0. The lowest BCUT2D eigenvalue weighted by atomic mass is 10.1. The van der Waals surface area contributed by atoms with E-state index >= 15 is 0 Å². The number of rotatable bonds is 5. The summed E-state index contributed by atoms with van der Waals surface area (Å²) < 4.78 is 0. The van der Waals surface area contributed by atoms with Crippen LogP contribution >= 0.6 is 34.5 Å². The van der Waals surface area contributed by atoms with Gasteiger partial charge in [-0.15, -0.1) is 11.3 Å². The van der Waals surface area contributed by atoms with E-state index in [4.69, 9.17) is 23.2 Å². The molecule has 0 saturated carbocycles. The van der Waals surface area contributed by atoms with E-state index in [1.807, 2.05) is 19.1 Å². The summed E-state index contributed by atoms with van der Waals surface area (Å²) in [4.78, 5) is 27.6. The first-order valence-corrected chi connectivity index (χ1v) is 9.91. The second kappa shape index (κ2) is 9.06. The minimum atomic E-state index is -0.566. The highest BCUT2D eigenvalue weighted by atomic mass is 35.5. The lowest BCUT2D eigenvalue weighted by Gasteiger charge is -2.11. The van der Waals surface area contributed by atoms with Gasteiger partial charge in [0.05, 0.1) is 21.4 Å². The molecular formula is C21H16Cl2N2O2S. The van der Waals surface area contributed by atoms with E-state index in [0.717, 1.165) is 9.75 Å². The van der Waals surface area contributed by atoms with Gasteiger partial charge < -0.3 is 10.6 Å². The molecule has 2 N–H and O–H groups in total. The van der Waals surface area contributed by atoms with Crippen LogP contribution in [-0.4, -0.2) is 11.8 Å². The molecule has 2 amide bonds. The van der Waals surface area contributed by atoms with E-state index in [-0.39, 0.29) is 5.57 Å².